The molecule has 6 heteroatoms. The minimum absolute atomic E-state index is 0.00676. The molecule has 0 aromatic heterocycles. The monoisotopic (exact) mass is 683 g/mol. The number of nitrogens with zero attached hydrogens (tertiary/aromatic N) is 1. The molecular weight excluding hydrogens is 615 g/mol. The maximum atomic E-state index is 14.9. The van der Waals surface area contributed by atoms with Crippen molar-refractivity contribution in [3.63, 3.8) is 0 Å². The predicted molar refractivity (Wildman–Crippen MR) is 203 cm³/mol. The molecule has 50 heavy (non-hydrogen) atoms. The SMILES string of the molecule is CC1(C)CCC2(C(=O)NBC3CCCCCCCCCCCC3)CC[C@]3(C)[C@H](C(=O)C=C4[C@@]5(C)C=C(C#N)C(=O)C(C)(C)[C@@H]5CC[C@]43C)[C@@H]2C1. The van der Waals surface area contributed by atoms with E-state index in [1.807, 2.05) is 26.0 Å². The molecule has 1 N–H and O–H groups in total. The average molecular weight is 683 g/mol. The van der Waals surface area contributed by atoms with Gasteiger partial charge in [-0.3, -0.25) is 14.4 Å². The molecule has 5 nitrogen and oxygen atoms in total. The Labute approximate surface area is 304 Å². The van der Waals surface area contributed by atoms with Crippen molar-refractivity contribution in [2.45, 2.75) is 176 Å². The molecule has 7 atom stereocenters. The molecule has 4 saturated carbocycles. The van der Waals surface area contributed by atoms with Gasteiger partial charge in [0.2, 0.25) is 13.3 Å². The summed E-state index contributed by atoms with van der Waals surface area (Å²) in [4.78, 5) is 43.1. The smallest absolute Gasteiger partial charge is 0.239 e. The Morgan fingerprint density at radius 3 is 1.98 bits per heavy atom. The first-order chi connectivity index (χ1) is 23.6. The van der Waals surface area contributed by atoms with Gasteiger partial charge in [-0.1, -0.05) is 137 Å². The van der Waals surface area contributed by atoms with Crippen LogP contribution in [0.5, 0.6) is 0 Å². The molecule has 0 spiro atoms. The zero-order valence-electron chi connectivity index (χ0n) is 32.8. The summed E-state index contributed by atoms with van der Waals surface area (Å²) < 4.78 is 0. The van der Waals surface area contributed by atoms with Crippen LogP contribution in [0.4, 0.5) is 0 Å². The van der Waals surface area contributed by atoms with Gasteiger partial charge in [0.25, 0.3) is 0 Å². The lowest BCUT2D eigenvalue weighted by molar-refractivity contribution is -0.177. The quantitative estimate of drug-likeness (QED) is 0.300. The summed E-state index contributed by atoms with van der Waals surface area (Å²) in [6.45, 7) is 15.6. The highest BCUT2D eigenvalue weighted by molar-refractivity contribution is 6.39. The second-order valence-corrected chi connectivity index (χ2v) is 20.1. The number of allylic oxidation sites excluding steroid dienone is 4. The first-order valence-electron chi connectivity index (χ1n) is 20.8. The molecule has 0 aromatic rings. The Bertz CT molecular complexity index is 1460. The van der Waals surface area contributed by atoms with E-state index in [4.69, 9.17) is 0 Å². The number of nitriles is 1. The Hall–Kier alpha value is -2.16. The lowest BCUT2D eigenvalue weighted by Crippen LogP contribution is -2.66. The van der Waals surface area contributed by atoms with Gasteiger partial charge in [0.05, 0.1) is 11.0 Å². The van der Waals surface area contributed by atoms with Crippen molar-refractivity contribution < 1.29 is 14.4 Å². The summed E-state index contributed by atoms with van der Waals surface area (Å²) in [5.74, 6) is 0.708. The highest BCUT2D eigenvalue weighted by atomic mass is 16.2. The van der Waals surface area contributed by atoms with Crippen LogP contribution in [-0.4, -0.2) is 24.9 Å². The van der Waals surface area contributed by atoms with Gasteiger partial charge in [-0.05, 0) is 84.9 Å². The third-order valence-corrected chi connectivity index (χ3v) is 16.3. The number of fused-ring (bicyclic) bond motifs is 7. The van der Waals surface area contributed by atoms with Gasteiger partial charge in [0.15, 0.2) is 11.6 Å². The molecule has 1 unspecified atom stereocenters. The van der Waals surface area contributed by atoms with E-state index in [1.165, 1.54) is 77.0 Å². The van der Waals surface area contributed by atoms with Gasteiger partial charge in [-0.2, -0.15) is 5.26 Å². The number of nitrogens with one attached hydrogen (secondary N) is 1. The van der Waals surface area contributed by atoms with E-state index in [-0.39, 0.29) is 57.0 Å². The van der Waals surface area contributed by atoms with Crippen LogP contribution in [0.3, 0.4) is 0 Å². The van der Waals surface area contributed by atoms with Gasteiger partial charge < -0.3 is 5.23 Å². The van der Waals surface area contributed by atoms with Crippen molar-refractivity contribution in [2.24, 2.45) is 50.2 Å². The maximum Gasteiger partial charge on any atom is 0.239 e. The second kappa shape index (κ2) is 13.7. The third-order valence-electron chi connectivity index (χ3n) is 16.3. The van der Waals surface area contributed by atoms with Gasteiger partial charge in [-0.15, -0.1) is 0 Å². The molecular formula is C44H67BN2O3. The molecule has 0 aromatic carbocycles. The number of hydrogen-bond acceptors (Lipinski definition) is 4. The summed E-state index contributed by atoms with van der Waals surface area (Å²) in [6.07, 6.45) is 25.9. The first-order valence-corrected chi connectivity index (χ1v) is 20.8. The van der Waals surface area contributed by atoms with E-state index >= 15 is 0 Å². The van der Waals surface area contributed by atoms with Crippen LogP contribution in [0.15, 0.2) is 23.3 Å². The van der Waals surface area contributed by atoms with Crippen molar-refractivity contribution in [1.29, 1.82) is 5.26 Å². The fraction of sp³-hybridized carbons (Fsp3) is 0.818. The molecule has 0 radical (unpaired) electrons. The Morgan fingerprint density at radius 1 is 0.800 bits per heavy atom. The van der Waals surface area contributed by atoms with Crippen LogP contribution in [0, 0.1) is 61.6 Å². The summed E-state index contributed by atoms with van der Waals surface area (Å²) in [6, 6.07) is 2.23. The highest BCUT2D eigenvalue weighted by Crippen LogP contribution is 2.74. The molecule has 0 heterocycles. The lowest BCUT2D eigenvalue weighted by Gasteiger charge is -2.69. The Kier molecular flexibility index (Phi) is 10.3. The molecule has 6 rings (SSSR count). The van der Waals surface area contributed by atoms with Crippen LogP contribution in [-0.2, 0) is 14.4 Å². The van der Waals surface area contributed by atoms with Gasteiger partial charge >= 0.3 is 0 Å². The maximum absolute atomic E-state index is 14.9. The fourth-order valence-corrected chi connectivity index (χ4v) is 13.1. The third kappa shape index (κ3) is 6.11. The molecule has 1 amide bonds. The number of carbonyl (C=O) groups is 3. The molecule has 6 aliphatic rings. The summed E-state index contributed by atoms with van der Waals surface area (Å²) in [5, 5.41) is 13.6. The second-order valence-electron chi connectivity index (χ2n) is 20.1. The standard InChI is InChI=1S/C44H67BN2O3/c1-39(2)22-24-44(38(50)47-45-31-18-16-14-12-10-8-9-11-13-15-17-19-31)25-23-43(7)36(32(44)28-39)33(48)26-35-41(5)27-30(29-46)37(49)40(3,4)34(41)20-21-42(35,43)6/h26-27,31-32,34,36,45H,8-25,28H2,1-7H3,(H,47,50)/t32-,34-,36-,41-,42+,43+,44?/m0/s1. The van der Waals surface area contributed by atoms with Crippen LogP contribution >= 0.6 is 0 Å². The van der Waals surface area contributed by atoms with Crippen molar-refractivity contribution in [2.75, 3.05) is 0 Å². The molecule has 274 valence electrons. The zero-order chi connectivity index (χ0) is 36.2. The van der Waals surface area contributed by atoms with Crippen molar-refractivity contribution in [3.8, 4) is 6.07 Å². The van der Waals surface area contributed by atoms with Gasteiger partial charge in [0, 0.05) is 16.7 Å². The number of hydrogen-bond donors (Lipinski definition) is 1. The first kappa shape index (κ1) is 37.6. The largest absolute Gasteiger partial charge is 0.402 e. The van der Waals surface area contributed by atoms with E-state index in [0.717, 1.165) is 57.9 Å². The van der Waals surface area contributed by atoms with E-state index in [9.17, 15) is 19.6 Å². The van der Waals surface area contributed by atoms with Crippen LogP contribution < -0.4 is 5.23 Å². The highest BCUT2D eigenvalue weighted by Gasteiger charge is 2.70. The van der Waals surface area contributed by atoms with Crippen LogP contribution in [0.2, 0.25) is 5.82 Å². The number of ketones is 2. The summed E-state index contributed by atoms with van der Waals surface area (Å²) >= 11 is 0. The molecule has 0 bridgehead atoms. The van der Waals surface area contributed by atoms with E-state index in [2.05, 4.69) is 45.9 Å². The molecule has 0 saturated heterocycles. The van der Waals surface area contributed by atoms with Crippen LogP contribution in [0.25, 0.3) is 0 Å². The van der Waals surface area contributed by atoms with E-state index in [1.54, 1.807) is 0 Å². The average Bonchev–Trinajstić information content (AvgIpc) is 3.08. The van der Waals surface area contributed by atoms with Gasteiger partial charge in [-0.25, -0.2) is 0 Å². The number of rotatable bonds is 3. The Morgan fingerprint density at radius 2 is 1.38 bits per heavy atom. The normalized spacial score (nSPS) is 40.7. The van der Waals surface area contributed by atoms with Crippen molar-refractivity contribution >= 4 is 24.9 Å². The zero-order valence-corrected chi connectivity index (χ0v) is 32.8. The molecule has 4 fully saturated rings. The molecule has 6 aliphatic carbocycles. The van der Waals surface area contributed by atoms with Crippen molar-refractivity contribution in [1.82, 2.24) is 5.23 Å². The van der Waals surface area contributed by atoms with Crippen LogP contribution in [0.1, 0.15) is 170 Å². The minimum Gasteiger partial charge on any atom is -0.402 e. The summed E-state index contributed by atoms with van der Waals surface area (Å²) in [7, 11) is 0.774. The number of carbonyl (C=O) groups excluding carboxylic acids is 3. The minimum atomic E-state index is -0.669. The predicted octanol–water partition coefficient (Wildman–Crippen LogP) is 10.2. The summed E-state index contributed by atoms with van der Waals surface area (Å²) in [5.41, 5.74) is -0.835. The fourth-order valence-electron chi connectivity index (χ4n) is 13.1. The van der Waals surface area contributed by atoms with E-state index < -0.39 is 16.2 Å². The molecule has 0 aliphatic heterocycles. The topological polar surface area (TPSA) is 87.0 Å². The number of amides is 1. The number of Topliss-reactive ketones (excluding diaryl/α,β-unsaturated/α-hetero) is 1. The lowest BCUT2D eigenvalue weighted by atomic mass is 9.34. The Balaban J connectivity index is 1.31. The van der Waals surface area contributed by atoms with E-state index in [0.29, 0.717) is 5.82 Å². The van der Waals surface area contributed by atoms with Gasteiger partial charge in [0.1, 0.15) is 6.07 Å². The van der Waals surface area contributed by atoms with Crippen molar-refractivity contribution in [3.05, 3.63) is 23.3 Å².